The summed E-state index contributed by atoms with van der Waals surface area (Å²) in [7, 11) is 0. The quantitative estimate of drug-likeness (QED) is 0.212. The average Bonchev–Trinajstić information content (AvgIpc) is 2.73. The Morgan fingerprint density at radius 1 is 0.710 bits per heavy atom. The topological polar surface area (TPSA) is 164 Å². The fourth-order valence-corrected chi connectivity index (χ4v) is 1.16. The van der Waals surface area contributed by atoms with Crippen LogP contribution in [-0.4, -0.2) is 64.7 Å². The van der Waals surface area contributed by atoms with E-state index in [9.17, 15) is 24.0 Å². The van der Waals surface area contributed by atoms with Gasteiger partial charge in [0.05, 0.1) is 11.4 Å². The maximum atomic E-state index is 11.1. The van der Waals surface area contributed by atoms with Crippen molar-refractivity contribution in [3.8, 4) is 0 Å². The third-order valence-electron chi connectivity index (χ3n) is 3.40. The average molecular weight is 443 g/mol. The van der Waals surface area contributed by atoms with Crippen LogP contribution in [0.15, 0.2) is 15.1 Å². The van der Waals surface area contributed by atoms with Crippen molar-refractivity contribution in [1.82, 2.24) is 5.48 Å². The molecule has 176 valence electrons. The minimum Gasteiger partial charge on any atom is -0.372 e. The van der Waals surface area contributed by atoms with Crippen LogP contribution in [0.4, 0.5) is 0 Å². The van der Waals surface area contributed by atoms with E-state index in [1.165, 1.54) is 20.8 Å². The first-order valence-corrected chi connectivity index (χ1v) is 9.49. The summed E-state index contributed by atoms with van der Waals surface area (Å²) in [6.45, 7) is 12.3. The molecule has 2 N–H and O–H groups in total. The molecule has 0 atom stereocenters. The summed E-state index contributed by atoms with van der Waals surface area (Å²) >= 11 is 0. The molecule has 0 aromatic heterocycles. The van der Waals surface area contributed by atoms with Gasteiger partial charge in [-0.15, -0.1) is 0 Å². The van der Waals surface area contributed by atoms with Crippen molar-refractivity contribution in [2.24, 2.45) is 15.1 Å². The molecule has 0 aliphatic carbocycles. The molecule has 0 aromatic carbocycles. The van der Waals surface area contributed by atoms with Gasteiger partial charge in [-0.2, -0.15) is 5.48 Å². The fourth-order valence-electron chi connectivity index (χ4n) is 1.16. The molecule has 0 radical (unpaired) electrons. The molecule has 11 heteroatoms. The van der Waals surface area contributed by atoms with Gasteiger partial charge in [0.15, 0.2) is 28.9 Å². The number of aliphatic imine (C=N–C) groups is 2. The molecule has 0 aliphatic heterocycles. The zero-order valence-corrected chi connectivity index (χ0v) is 19.6. The SMILES string of the molecule is CC(=O)C(C)=O.CCC(=O)C(C)=NCNO.CCC(=O)C(C)=NCO/N=C(/C)C(C)=O. The number of hydrogen-bond acceptors (Lipinski definition) is 11. The predicted molar refractivity (Wildman–Crippen MR) is 118 cm³/mol. The standard InChI is InChI=1S/C10H16N2O3.C6H12N2O2.C4H6O2/c1-5-10(14)8(3)11-6-15-12-7(2)9(4)13;1-3-6(9)5(2)7-4-8-10;1-3(5)4(2)6/h5-6H2,1-4H3;8,10H,3-4H2,1-2H3;1-2H3/b11-8?,12-7-;;. The summed E-state index contributed by atoms with van der Waals surface area (Å²) in [5.74, 6) is -0.925. The van der Waals surface area contributed by atoms with Crippen molar-refractivity contribution in [3.05, 3.63) is 0 Å². The highest BCUT2D eigenvalue weighted by molar-refractivity contribution is 6.39. The number of hydrogen-bond donors (Lipinski definition) is 2. The number of nitrogens with one attached hydrogen (secondary N) is 1. The summed E-state index contributed by atoms with van der Waals surface area (Å²) in [6.07, 6.45) is 0.881. The largest absolute Gasteiger partial charge is 0.372 e. The van der Waals surface area contributed by atoms with Crippen LogP contribution < -0.4 is 5.48 Å². The minimum absolute atomic E-state index is 0.00949. The van der Waals surface area contributed by atoms with Crippen LogP contribution in [0.1, 0.15) is 68.2 Å². The van der Waals surface area contributed by atoms with Crippen molar-refractivity contribution in [3.63, 3.8) is 0 Å². The second-order valence-electron chi connectivity index (χ2n) is 5.96. The van der Waals surface area contributed by atoms with Crippen LogP contribution in [0, 0.1) is 0 Å². The maximum Gasteiger partial charge on any atom is 0.207 e. The maximum absolute atomic E-state index is 11.1. The Morgan fingerprint density at radius 3 is 1.45 bits per heavy atom. The first-order chi connectivity index (χ1) is 14.3. The lowest BCUT2D eigenvalue weighted by Crippen LogP contribution is -2.13. The molecule has 0 amide bonds. The van der Waals surface area contributed by atoms with E-state index in [4.69, 9.17) is 10.0 Å². The van der Waals surface area contributed by atoms with Crippen LogP contribution in [0.2, 0.25) is 0 Å². The molecule has 0 aromatic rings. The van der Waals surface area contributed by atoms with Gasteiger partial charge in [0.25, 0.3) is 0 Å². The Balaban J connectivity index is -0.000000421. The molecule has 31 heavy (non-hydrogen) atoms. The summed E-state index contributed by atoms with van der Waals surface area (Å²) in [5, 5.41) is 11.6. The van der Waals surface area contributed by atoms with E-state index in [1.807, 2.05) is 5.48 Å². The highest BCUT2D eigenvalue weighted by Crippen LogP contribution is 1.89. The van der Waals surface area contributed by atoms with E-state index in [0.29, 0.717) is 24.3 Å². The molecule has 0 fully saturated rings. The zero-order chi connectivity index (χ0) is 25.0. The molecule has 0 aliphatic rings. The Labute approximate surface area is 183 Å². The van der Waals surface area contributed by atoms with Crippen molar-refractivity contribution in [2.75, 3.05) is 13.4 Å². The van der Waals surface area contributed by atoms with Gasteiger partial charge < -0.3 is 10.0 Å². The van der Waals surface area contributed by atoms with Gasteiger partial charge in [-0.1, -0.05) is 19.0 Å². The lowest BCUT2D eigenvalue weighted by atomic mass is 10.2. The van der Waals surface area contributed by atoms with Gasteiger partial charge in [0.2, 0.25) is 6.73 Å². The lowest BCUT2D eigenvalue weighted by Gasteiger charge is -1.98. The van der Waals surface area contributed by atoms with E-state index in [0.717, 1.165) is 0 Å². The van der Waals surface area contributed by atoms with Crippen LogP contribution in [-0.2, 0) is 28.8 Å². The first kappa shape index (κ1) is 32.7. The Morgan fingerprint density at radius 2 is 1.13 bits per heavy atom. The monoisotopic (exact) mass is 442 g/mol. The normalized spacial score (nSPS) is 11.3. The highest BCUT2D eigenvalue weighted by Gasteiger charge is 2.02. The van der Waals surface area contributed by atoms with Crippen LogP contribution in [0.25, 0.3) is 0 Å². The van der Waals surface area contributed by atoms with Crippen molar-refractivity contribution < 1.29 is 34.0 Å². The molecule has 0 bridgehead atoms. The number of oxime groups is 1. The molecule has 0 spiro atoms. The predicted octanol–water partition coefficient (Wildman–Crippen LogP) is 1.89. The zero-order valence-electron chi connectivity index (χ0n) is 19.6. The Bertz CT molecular complexity index is 698. The van der Waals surface area contributed by atoms with Gasteiger partial charge >= 0.3 is 0 Å². The molecule has 11 nitrogen and oxygen atoms in total. The van der Waals surface area contributed by atoms with Crippen molar-refractivity contribution in [1.29, 1.82) is 0 Å². The second-order valence-corrected chi connectivity index (χ2v) is 5.96. The number of carbonyl (C=O) groups excluding carboxylic acids is 5. The van der Waals surface area contributed by atoms with Crippen LogP contribution in [0.3, 0.4) is 0 Å². The number of Topliss-reactive ketones (excluding diaryl/α,β-unsaturated/α-hetero) is 5. The number of carbonyl (C=O) groups is 5. The smallest absolute Gasteiger partial charge is 0.207 e. The van der Waals surface area contributed by atoms with Crippen molar-refractivity contribution >= 4 is 46.1 Å². The number of hydroxylamine groups is 1. The summed E-state index contributed by atoms with van der Waals surface area (Å²) in [5.41, 5.74) is 2.98. The molecule has 0 heterocycles. The van der Waals surface area contributed by atoms with Gasteiger partial charge in [0, 0.05) is 33.6 Å². The molecule has 0 saturated heterocycles. The summed E-state index contributed by atoms with van der Waals surface area (Å²) < 4.78 is 0. The molecule has 0 unspecified atom stereocenters. The van der Waals surface area contributed by atoms with Gasteiger partial charge in [-0.3, -0.25) is 29.0 Å². The van der Waals surface area contributed by atoms with Gasteiger partial charge in [-0.05, 0) is 20.8 Å². The van der Waals surface area contributed by atoms with Gasteiger partial charge in [0.1, 0.15) is 12.4 Å². The number of rotatable bonds is 11. The Kier molecular flexibility index (Phi) is 21.5. The summed E-state index contributed by atoms with van der Waals surface area (Å²) in [6, 6.07) is 0. The van der Waals surface area contributed by atoms with E-state index >= 15 is 0 Å². The number of ketones is 5. The first-order valence-electron chi connectivity index (χ1n) is 9.49. The highest BCUT2D eigenvalue weighted by atomic mass is 16.6. The van der Waals surface area contributed by atoms with Crippen molar-refractivity contribution in [2.45, 2.75) is 68.2 Å². The molecular weight excluding hydrogens is 408 g/mol. The third-order valence-corrected chi connectivity index (χ3v) is 3.40. The number of nitrogens with zero attached hydrogens (tertiary/aromatic N) is 3. The molecular formula is C20H34N4O7. The van der Waals surface area contributed by atoms with Crippen LogP contribution >= 0.6 is 0 Å². The van der Waals surface area contributed by atoms with E-state index in [2.05, 4.69) is 15.1 Å². The third kappa shape index (κ3) is 21.6. The summed E-state index contributed by atoms with van der Waals surface area (Å²) in [4.78, 5) is 64.5. The minimum atomic E-state index is -0.380. The lowest BCUT2D eigenvalue weighted by molar-refractivity contribution is -0.134. The fraction of sp³-hybridized carbons (Fsp3) is 0.600. The second kappa shape index (κ2) is 20.4. The van der Waals surface area contributed by atoms with Gasteiger partial charge in [-0.25, -0.2) is 4.99 Å². The van der Waals surface area contributed by atoms with Crippen LogP contribution in [0.5, 0.6) is 0 Å². The van der Waals surface area contributed by atoms with E-state index in [1.54, 1.807) is 34.6 Å². The molecule has 0 rings (SSSR count). The Hall–Kier alpha value is -2.92. The van der Waals surface area contributed by atoms with E-state index in [-0.39, 0.29) is 48.0 Å². The molecule has 0 saturated carbocycles. The van der Waals surface area contributed by atoms with E-state index < -0.39 is 0 Å².